The predicted octanol–water partition coefficient (Wildman–Crippen LogP) is 3.23. The van der Waals surface area contributed by atoms with Gasteiger partial charge in [-0.05, 0) is 23.1 Å². The summed E-state index contributed by atoms with van der Waals surface area (Å²) in [7, 11) is 1.45. The number of hydrogen-bond acceptors (Lipinski definition) is 4. The highest BCUT2D eigenvalue weighted by Gasteiger charge is 2.29. The highest BCUT2D eigenvalue weighted by molar-refractivity contribution is 5.77. The van der Waals surface area contributed by atoms with E-state index in [2.05, 4.69) is 5.32 Å². The number of nitrogens with one attached hydrogen (secondary N) is 1. The van der Waals surface area contributed by atoms with E-state index in [0.29, 0.717) is 5.56 Å². The summed E-state index contributed by atoms with van der Waals surface area (Å²) in [5.74, 6) is -0.332. The molecule has 0 saturated heterocycles. The van der Waals surface area contributed by atoms with E-state index in [4.69, 9.17) is 9.47 Å². The molecule has 2 N–H and O–H groups in total. The molecule has 1 aromatic carbocycles. The number of benzene rings is 1. The number of aliphatic hydroxyl groups excluding tert-OH is 1. The van der Waals surface area contributed by atoms with Crippen LogP contribution in [0, 0.1) is 5.41 Å². The van der Waals surface area contributed by atoms with Crippen LogP contribution >= 0.6 is 0 Å². The SMILES string of the molecule is COC[C@H](NC(=O)C[C@H](O)C(C)(C)C)c1cccc(OCC(F)(F)F)c1. The Balaban J connectivity index is 2.81. The Morgan fingerprint density at radius 2 is 1.92 bits per heavy atom. The predicted molar refractivity (Wildman–Crippen MR) is 90.8 cm³/mol. The van der Waals surface area contributed by atoms with E-state index in [9.17, 15) is 23.1 Å². The van der Waals surface area contributed by atoms with Gasteiger partial charge in [0.15, 0.2) is 6.61 Å². The van der Waals surface area contributed by atoms with Crippen LogP contribution in [0.3, 0.4) is 0 Å². The molecule has 0 aromatic heterocycles. The molecule has 8 heteroatoms. The number of rotatable bonds is 8. The van der Waals surface area contributed by atoms with Gasteiger partial charge in [-0.25, -0.2) is 0 Å². The zero-order valence-electron chi connectivity index (χ0n) is 15.4. The summed E-state index contributed by atoms with van der Waals surface area (Å²) in [5.41, 5.74) is 0.101. The second-order valence-corrected chi connectivity index (χ2v) is 7.14. The molecule has 1 rings (SSSR count). The van der Waals surface area contributed by atoms with E-state index >= 15 is 0 Å². The van der Waals surface area contributed by atoms with Gasteiger partial charge >= 0.3 is 6.18 Å². The summed E-state index contributed by atoms with van der Waals surface area (Å²) in [5, 5.41) is 12.8. The van der Waals surface area contributed by atoms with E-state index in [0.717, 1.165) is 0 Å². The number of aliphatic hydroxyl groups is 1. The Labute approximate surface area is 151 Å². The molecule has 2 atom stereocenters. The average Bonchev–Trinajstić information content (AvgIpc) is 2.51. The zero-order chi connectivity index (χ0) is 20.0. The van der Waals surface area contributed by atoms with Crippen LogP contribution in [-0.4, -0.2) is 43.6 Å². The first-order valence-corrected chi connectivity index (χ1v) is 8.18. The standard InChI is InChI=1S/C18H26F3NO4/c1-17(2,3)15(23)9-16(24)22-14(10-25-4)12-6-5-7-13(8-12)26-11-18(19,20)21/h5-8,14-15,23H,9-11H2,1-4H3,(H,22,24)/t14-,15-/m0/s1. The van der Waals surface area contributed by atoms with Crippen LogP contribution in [0.2, 0.25) is 0 Å². The van der Waals surface area contributed by atoms with Gasteiger partial charge in [-0.2, -0.15) is 13.2 Å². The number of carbonyl (C=O) groups excluding carboxylic acids is 1. The summed E-state index contributed by atoms with van der Waals surface area (Å²) in [6.45, 7) is 4.19. The molecular formula is C18H26F3NO4. The molecule has 0 fully saturated rings. The molecule has 0 aliphatic heterocycles. The molecule has 0 saturated carbocycles. The Morgan fingerprint density at radius 1 is 1.27 bits per heavy atom. The number of ether oxygens (including phenoxy) is 2. The first-order valence-electron chi connectivity index (χ1n) is 8.18. The fraction of sp³-hybridized carbons (Fsp3) is 0.611. The lowest BCUT2D eigenvalue weighted by Crippen LogP contribution is -2.37. The van der Waals surface area contributed by atoms with Crippen molar-refractivity contribution >= 4 is 5.91 Å². The van der Waals surface area contributed by atoms with Gasteiger partial charge in [-0.1, -0.05) is 32.9 Å². The third-order valence-corrected chi connectivity index (χ3v) is 3.71. The van der Waals surface area contributed by atoms with E-state index in [1.165, 1.54) is 19.2 Å². The quantitative estimate of drug-likeness (QED) is 0.730. The fourth-order valence-electron chi connectivity index (χ4n) is 2.11. The van der Waals surface area contributed by atoms with Crippen molar-refractivity contribution in [2.24, 2.45) is 5.41 Å². The maximum absolute atomic E-state index is 12.3. The lowest BCUT2D eigenvalue weighted by Gasteiger charge is -2.26. The van der Waals surface area contributed by atoms with Crippen molar-refractivity contribution in [3.8, 4) is 5.75 Å². The normalized spacial score (nSPS) is 14.6. The summed E-state index contributed by atoms with van der Waals surface area (Å²) < 4.78 is 46.7. The highest BCUT2D eigenvalue weighted by Crippen LogP contribution is 2.24. The van der Waals surface area contributed by atoms with Gasteiger partial charge in [0.25, 0.3) is 0 Å². The molecule has 0 bridgehead atoms. The molecule has 0 unspecified atom stereocenters. The third kappa shape index (κ3) is 8.05. The summed E-state index contributed by atoms with van der Waals surface area (Å²) in [4.78, 5) is 12.2. The van der Waals surface area contributed by atoms with Crippen LogP contribution in [0.5, 0.6) is 5.75 Å². The number of carbonyl (C=O) groups is 1. The van der Waals surface area contributed by atoms with E-state index in [1.54, 1.807) is 12.1 Å². The molecule has 0 aliphatic carbocycles. The average molecular weight is 377 g/mol. The van der Waals surface area contributed by atoms with E-state index < -0.39 is 30.3 Å². The van der Waals surface area contributed by atoms with Gasteiger partial charge in [0.2, 0.25) is 5.91 Å². The second kappa shape index (κ2) is 9.23. The number of alkyl halides is 3. The van der Waals surface area contributed by atoms with Crippen molar-refractivity contribution in [1.29, 1.82) is 0 Å². The molecule has 26 heavy (non-hydrogen) atoms. The van der Waals surface area contributed by atoms with Crippen LogP contribution in [0.15, 0.2) is 24.3 Å². The van der Waals surface area contributed by atoms with Crippen LogP contribution in [0.25, 0.3) is 0 Å². The first-order chi connectivity index (χ1) is 11.9. The van der Waals surface area contributed by atoms with Crippen LogP contribution in [-0.2, 0) is 9.53 Å². The molecule has 0 radical (unpaired) electrons. The largest absolute Gasteiger partial charge is 0.484 e. The number of halogens is 3. The monoisotopic (exact) mass is 377 g/mol. The Bertz CT molecular complexity index is 585. The minimum absolute atomic E-state index is 0.0462. The molecule has 5 nitrogen and oxygen atoms in total. The van der Waals surface area contributed by atoms with Crippen molar-refractivity contribution in [3.05, 3.63) is 29.8 Å². The number of hydrogen-bond donors (Lipinski definition) is 2. The van der Waals surface area contributed by atoms with Gasteiger partial charge in [0, 0.05) is 7.11 Å². The second-order valence-electron chi connectivity index (χ2n) is 7.14. The van der Waals surface area contributed by atoms with Gasteiger partial charge in [0.05, 0.1) is 25.2 Å². The molecular weight excluding hydrogens is 351 g/mol. The van der Waals surface area contributed by atoms with Gasteiger partial charge in [0.1, 0.15) is 5.75 Å². The van der Waals surface area contributed by atoms with Crippen molar-refractivity contribution in [2.45, 2.75) is 45.5 Å². The molecule has 0 heterocycles. The van der Waals surface area contributed by atoms with Gasteiger partial charge < -0.3 is 19.9 Å². The van der Waals surface area contributed by atoms with Crippen LogP contribution in [0.4, 0.5) is 13.2 Å². The van der Waals surface area contributed by atoms with E-state index in [-0.39, 0.29) is 24.7 Å². The lowest BCUT2D eigenvalue weighted by atomic mass is 9.87. The molecule has 0 spiro atoms. The maximum atomic E-state index is 12.3. The minimum atomic E-state index is -4.43. The third-order valence-electron chi connectivity index (χ3n) is 3.71. The fourth-order valence-corrected chi connectivity index (χ4v) is 2.11. The smallest absolute Gasteiger partial charge is 0.422 e. The molecule has 1 amide bonds. The van der Waals surface area contributed by atoms with Gasteiger partial charge in [-0.3, -0.25) is 4.79 Å². The van der Waals surface area contributed by atoms with E-state index in [1.807, 2.05) is 20.8 Å². The van der Waals surface area contributed by atoms with Gasteiger partial charge in [-0.15, -0.1) is 0 Å². The topological polar surface area (TPSA) is 67.8 Å². The maximum Gasteiger partial charge on any atom is 0.422 e. The Morgan fingerprint density at radius 3 is 2.46 bits per heavy atom. The highest BCUT2D eigenvalue weighted by atomic mass is 19.4. The Hall–Kier alpha value is -1.80. The minimum Gasteiger partial charge on any atom is -0.484 e. The molecule has 0 aliphatic rings. The summed E-state index contributed by atoms with van der Waals surface area (Å²) in [6.07, 6.45) is -5.35. The van der Waals surface area contributed by atoms with Crippen LogP contribution < -0.4 is 10.1 Å². The molecule has 1 aromatic rings. The lowest BCUT2D eigenvalue weighted by molar-refractivity contribution is -0.153. The van der Waals surface area contributed by atoms with Crippen molar-refractivity contribution in [2.75, 3.05) is 20.3 Å². The van der Waals surface area contributed by atoms with Crippen molar-refractivity contribution < 1.29 is 32.5 Å². The van der Waals surface area contributed by atoms with Crippen molar-refractivity contribution in [3.63, 3.8) is 0 Å². The number of amides is 1. The van der Waals surface area contributed by atoms with Crippen molar-refractivity contribution in [1.82, 2.24) is 5.32 Å². The first kappa shape index (κ1) is 22.2. The van der Waals surface area contributed by atoms with Crippen LogP contribution in [0.1, 0.15) is 38.8 Å². The summed E-state index contributed by atoms with van der Waals surface area (Å²) >= 11 is 0. The zero-order valence-corrected chi connectivity index (χ0v) is 15.4. The number of methoxy groups -OCH3 is 1. The Kier molecular flexibility index (Phi) is 7.89. The summed E-state index contributed by atoms with van der Waals surface area (Å²) in [6, 6.07) is 5.46. The molecule has 148 valence electrons.